The number of hydrogen-bond donors (Lipinski definition) is 2. The number of amides is 2. The number of nitrogens with zero attached hydrogens (tertiary/aromatic N) is 1. The molecule has 0 aliphatic heterocycles. The Labute approximate surface area is 110 Å². The van der Waals surface area contributed by atoms with Gasteiger partial charge in [0.2, 0.25) is 5.91 Å². The molecule has 4 nitrogen and oxygen atoms in total. The summed E-state index contributed by atoms with van der Waals surface area (Å²) in [6.07, 6.45) is 0. The van der Waals surface area contributed by atoms with Crippen LogP contribution in [0.4, 0.5) is 0 Å². The minimum atomic E-state index is -0.218. The Balaban J connectivity index is 2.62. The van der Waals surface area contributed by atoms with Gasteiger partial charge >= 0.3 is 0 Å². The number of thiophene rings is 1. The van der Waals surface area contributed by atoms with Crippen LogP contribution in [0.2, 0.25) is 0 Å². The largest absolute Gasteiger partial charge is 0.359 e. The van der Waals surface area contributed by atoms with Crippen LogP contribution in [0.5, 0.6) is 0 Å². The van der Waals surface area contributed by atoms with E-state index in [9.17, 15) is 9.59 Å². The molecule has 1 rings (SSSR count). The number of nitrogens with one attached hydrogen (secondary N) is 1. The molecule has 1 unspecified atom stereocenters. The minimum absolute atomic E-state index is 0.0642. The molecule has 0 fully saturated rings. The van der Waals surface area contributed by atoms with Crippen LogP contribution in [-0.4, -0.2) is 37.4 Å². The highest BCUT2D eigenvalue weighted by molar-refractivity contribution is 7.80. The first-order valence-corrected chi connectivity index (χ1v) is 6.53. The molecule has 1 aromatic rings. The first kappa shape index (κ1) is 14.1. The Hall–Kier alpha value is -1.01. The molecular formula is C11H16N2O2S2. The maximum absolute atomic E-state index is 12.0. The van der Waals surface area contributed by atoms with Crippen molar-refractivity contribution < 1.29 is 9.59 Å². The van der Waals surface area contributed by atoms with Gasteiger partial charge in [0.1, 0.15) is 0 Å². The smallest absolute Gasteiger partial charge is 0.263 e. The van der Waals surface area contributed by atoms with Crippen molar-refractivity contribution >= 4 is 35.8 Å². The molecule has 0 aromatic carbocycles. The van der Waals surface area contributed by atoms with Crippen LogP contribution >= 0.6 is 24.0 Å². The van der Waals surface area contributed by atoms with Crippen molar-refractivity contribution in [2.75, 3.05) is 20.6 Å². The summed E-state index contributed by atoms with van der Waals surface area (Å²) in [5, 5.41) is 4.38. The highest BCUT2D eigenvalue weighted by Crippen LogP contribution is 2.19. The third kappa shape index (κ3) is 3.74. The van der Waals surface area contributed by atoms with Crippen molar-refractivity contribution in [1.29, 1.82) is 0 Å². The summed E-state index contributed by atoms with van der Waals surface area (Å²) in [5.41, 5.74) is 0. The van der Waals surface area contributed by atoms with E-state index in [1.807, 2.05) is 5.38 Å². The number of thiol groups is 1. The van der Waals surface area contributed by atoms with Crippen LogP contribution in [0.25, 0.3) is 0 Å². The molecular weight excluding hydrogens is 256 g/mol. The third-order valence-corrected chi connectivity index (χ3v) is 3.74. The fourth-order valence-corrected chi connectivity index (χ4v) is 2.59. The van der Waals surface area contributed by atoms with E-state index >= 15 is 0 Å². The van der Waals surface area contributed by atoms with E-state index in [0.29, 0.717) is 11.4 Å². The molecule has 0 spiro atoms. The van der Waals surface area contributed by atoms with Gasteiger partial charge < -0.3 is 10.2 Å². The lowest BCUT2D eigenvalue weighted by atomic mass is 10.1. The van der Waals surface area contributed by atoms with Crippen LogP contribution in [0.1, 0.15) is 16.6 Å². The number of rotatable bonds is 4. The molecule has 17 heavy (non-hydrogen) atoms. The monoisotopic (exact) mass is 272 g/mol. The van der Waals surface area contributed by atoms with Crippen LogP contribution in [-0.2, 0) is 4.79 Å². The first-order valence-electron chi connectivity index (χ1n) is 5.20. The van der Waals surface area contributed by atoms with Crippen LogP contribution in [0.15, 0.2) is 16.3 Å². The number of carbonyl (C=O) groups is 2. The van der Waals surface area contributed by atoms with E-state index in [-0.39, 0.29) is 17.7 Å². The average Bonchev–Trinajstić information content (AvgIpc) is 2.73. The lowest BCUT2D eigenvalue weighted by molar-refractivity contribution is -0.124. The molecule has 2 amide bonds. The molecule has 0 aliphatic rings. The molecule has 0 saturated heterocycles. The molecule has 94 valence electrons. The lowest BCUT2D eigenvalue weighted by Gasteiger charge is -2.20. The van der Waals surface area contributed by atoms with Gasteiger partial charge in [-0.25, -0.2) is 0 Å². The SMILES string of the molecule is CNC(=O)C(C)CN(C)C(=O)c1cc(S)cs1. The maximum Gasteiger partial charge on any atom is 0.263 e. The fraction of sp³-hybridized carbons (Fsp3) is 0.455. The molecule has 0 saturated carbocycles. The zero-order valence-corrected chi connectivity index (χ0v) is 11.8. The fourth-order valence-electron chi connectivity index (χ4n) is 1.45. The van der Waals surface area contributed by atoms with Crippen molar-refractivity contribution in [2.24, 2.45) is 5.92 Å². The van der Waals surface area contributed by atoms with E-state index in [2.05, 4.69) is 17.9 Å². The van der Waals surface area contributed by atoms with Crippen molar-refractivity contribution in [3.05, 3.63) is 16.3 Å². The van der Waals surface area contributed by atoms with Crippen LogP contribution in [0, 0.1) is 5.92 Å². The maximum atomic E-state index is 12.0. The van der Waals surface area contributed by atoms with Crippen LogP contribution in [0.3, 0.4) is 0 Å². The van der Waals surface area contributed by atoms with Gasteiger partial charge in [0.05, 0.1) is 10.8 Å². The minimum Gasteiger partial charge on any atom is -0.359 e. The molecule has 6 heteroatoms. The van der Waals surface area contributed by atoms with Crippen molar-refractivity contribution in [3.63, 3.8) is 0 Å². The molecule has 1 aromatic heterocycles. The Morgan fingerprint density at radius 1 is 1.59 bits per heavy atom. The van der Waals surface area contributed by atoms with Gasteiger partial charge in [0.25, 0.3) is 5.91 Å². The first-order chi connectivity index (χ1) is 7.95. The molecule has 1 atom stereocenters. The van der Waals surface area contributed by atoms with E-state index in [0.717, 1.165) is 4.90 Å². The normalized spacial score (nSPS) is 12.0. The van der Waals surface area contributed by atoms with Gasteiger partial charge in [-0.05, 0) is 6.07 Å². The van der Waals surface area contributed by atoms with E-state index in [1.54, 1.807) is 32.0 Å². The van der Waals surface area contributed by atoms with Gasteiger partial charge in [-0.3, -0.25) is 9.59 Å². The standard InChI is InChI=1S/C11H16N2O2S2/c1-7(10(14)12-2)5-13(3)11(15)9-4-8(16)6-17-9/h4,6-7,16H,5H2,1-3H3,(H,12,14). The summed E-state index contributed by atoms with van der Waals surface area (Å²) in [4.78, 5) is 26.3. The zero-order valence-electron chi connectivity index (χ0n) is 10.1. The second-order valence-electron chi connectivity index (χ2n) is 3.87. The third-order valence-electron chi connectivity index (χ3n) is 2.38. The summed E-state index contributed by atoms with van der Waals surface area (Å²) in [6.45, 7) is 2.19. The predicted octanol–water partition coefficient (Wildman–Crippen LogP) is 1.49. The van der Waals surface area contributed by atoms with E-state index in [1.165, 1.54) is 11.3 Å². The summed E-state index contributed by atoms with van der Waals surface area (Å²) in [5.74, 6) is -0.360. The Morgan fingerprint density at radius 2 is 2.24 bits per heavy atom. The second-order valence-corrected chi connectivity index (χ2v) is 5.30. The van der Waals surface area contributed by atoms with Gasteiger partial charge in [-0.15, -0.1) is 24.0 Å². The molecule has 0 radical (unpaired) electrons. The number of carbonyl (C=O) groups excluding carboxylic acids is 2. The highest BCUT2D eigenvalue weighted by atomic mass is 32.1. The summed E-state index contributed by atoms with van der Waals surface area (Å²) >= 11 is 5.52. The van der Waals surface area contributed by atoms with E-state index < -0.39 is 0 Å². The van der Waals surface area contributed by atoms with Gasteiger partial charge in [0, 0.05) is 30.9 Å². The summed E-state index contributed by atoms with van der Waals surface area (Å²) in [7, 11) is 3.28. The van der Waals surface area contributed by atoms with Crippen molar-refractivity contribution in [3.8, 4) is 0 Å². The predicted molar refractivity (Wildman–Crippen MR) is 71.8 cm³/mol. The molecule has 1 N–H and O–H groups in total. The topological polar surface area (TPSA) is 49.4 Å². The Bertz CT molecular complexity index is 417. The van der Waals surface area contributed by atoms with Gasteiger partial charge in [-0.2, -0.15) is 0 Å². The number of hydrogen-bond acceptors (Lipinski definition) is 4. The Morgan fingerprint density at radius 3 is 2.71 bits per heavy atom. The van der Waals surface area contributed by atoms with E-state index in [4.69, 9.17) is 0 Å². The quantitative estimate of drug-likeness (QED) is 0.816. The average molecular weight is 272 g/mol. The molecule has 0 aliphatic carbocycles. The Kier molecular flexibility index (Phi) is 5.02. The van der Waals surface area contributed by atoms with Crippen molar-refractivity contribution in [2.45, 2.75) is 11.8 Å². The zero-order chi connectivity index (χ0) is 13.0. The summed E-state index contributed by atoms with van der Waals surface area (Å²) in [6, 6.07) is 1.73. The highest BCUT2D eigenvalue weighted by Gasteiger charge is 2.19. The van der Waals surface area contributed by atoms with Crippen molar-refractivity contribution in [1.82, 2.24) is 10.2 Å². The summed E-state index contributed by atoms with van der Waals surface area (Å²) < 4.78 is 0. The van der Waals surface area contributed by atoms with Gasteiger partial charge in [0.15, 0.2) is 0 Å². The van der Waals surface area contributed by atoms with Crippen LogP contribution < -0.4 is 5.32 Å². The lowest BCUT2D eigenvalue weighted by Crippen LogP contribution is -2.37. The molecule has 0 bridgehead atoms. The second kappa shape index (κ2) is 6.07. The van der Waals surface area contributed by atoms with Gasteiger partial charge in [-0.1, -0.05) is 6.92 Å². The molecule has 1 heterocycles.